The summed E-state index contributed by atoms with van der Waals surface area (Å²) in [5, 5.41) is 2.58. The van der Waals surface area contributed by atoms with Crippen LogP contribution in [-0.2, 0) is 7.05 Å². The molecular formula is C17H13FN2O2. The van der Waals surface area contributed by atoms with E-state index in [1.54, 1.807) is 6.07 Å². The van der Waals surface area contributed by atoms with Crippen LogP contribution in [0.2, 0.25) is 0 Å². The first-order valence-electron chi connectivity index (χ1n) is 6.89. The average Bonchev–Trinajstić information content (AvgIpc) is 2.82. The normalized spacial score (nSPS) is 11.6. The summed E-state index contributed by atoms with van der Waals surface area (Å²) < 4.78 is 16.6. The van der Waals surface area contributed by atoms with Crippen molar-refractivity contribution < 1.29 is 9.23 Å². The number of halogens is 1. The van der Waals surface area contributed by atoms with Gasteiger partial charge in [-0.15, -0.1) is 4.73 Å². The molecule has 0 unspecified atom stereocenters. The second-order valence-corrected chi connectivity index (χ2v) is 5.24. The van der Waals surface area contributed by atoms with Crippen LogP contribution < -0.4 is 10.4 Å². The first-order chi connectivity index (χ1) is 10.6. The fraction of sp³-hybridized carbons (Fsp3) is 0.118. The fourth-order valence-electron chi connectivity index (χ4n) is 3.19. The molecule has 2 heterocycles. The Bertz CT molecular complexity index is 1110. The van der Waals surface area contributed by atoms with E-state index in [0.717, 1.165) is 26.4 Å². The van der Waals surface area contributed by atoms with Crippen molar-refractivity contribution in [3.63, 3.8) is 0 Å². The van der Waals surface area contributed by atoms with Crippen LogP contribution in [0.25, 0.3) is 32.7 Å². The molecule has 0 fully saturated rings. The summed E-state index contributed by atoms with van der Waals surface area (Å²) in [6.45, 7) is 0. The van der Waals surface area contributed by atoms with Gasteiger partial charge in [0, 0.05) is 34.8 Å². The number of rotatable bonds is 1. The van der Waals surface area contributed by atoms with E-state index in [9.17, 15) is 9.18 Å². The number of aryl methyl sites for hydroxylation is 1. The van der Waals surface area contributed by atoms with Crippen LogP contribution in [0, 0.1) is 5.82 Å². The number of benzene rings is 2. The molecule has 0 spiro atoms. The minimum atomic E-state index is -0.405. The molecule has 22 heavy (non-hydrogen) atoms. The van der Waals surface area contributed by atoms with Gasteiger partial charge in [-0.25, -0.2) is 4.39 Å². The van der Waals surface area contributed by atoms with Crippen LogP contribution in [0.4, 0.5) is 4.39 Å². The van der Waals surface area contributed by atoms with E-state index in [0.29, 0.717) is 11.0 Å². The van der Waals surface area contributed by atoms with E-state index in [1.807, 2.05) is 35.9 Å². The van der Waals surface area contributed by atoms with Gasteiger partial charge < -0.3 is 9.40 Å². The molecular weight excluding hydrogens is 283 g/mol. The largest absolute Gasteiger partial charge is 0.413 e. The molecule has 0 aliphatic carbocycles. The monoisotopic (exact) mass is 296 g/mol. The lowest BCUT2D eigenvalue weighted by Crippen LogP contribution is -2.26. The van der Waals surface area contributed by atoms with E-state index >= 15 is 0 Å². The molecule has 0 bridgehead atoms. The van der Waals surface area contributed by atoms with Crippen molar-refractivity contribution in [1.29, 1.82) is 0 Å². The van der Waals surface area contributed by atoms with Crippen molar-refractivity contribution in [3.8, 4) is 0 Å². The molecule has 0 saturated heterocycles. The Morgan fingerprint density at radius 2 is 1.77 bits per heavy atom. The first kappa shape index (κ1) is 12.9. The predicted octanol–water partition coefficient (Wildman–Crippen LogP) is 2.84. The van der Waals surface area contributed by atoms with Crippen LogP contribution >= 0.6 is 0 Å². The van der Waals surface area contributed by atoms with Crippen molar-refractivity contribution >= 4 is 32.7 Å². The highest BCUT2D eigenvalue weighted by molar-refractivity contribution is 6.19. The highest BCUT2D eigenvalue weighted by atomic mass is 19.1. The predicted molar refractivity (Wildman–Crippen MR) is 84.7 cm³/mol. The molecule has 4 aromatic rings. The maximum atomic E-state index is 13.6. The third-order valence-electron chi connectivity index (χ3n) is 4.12. The van der Waals surface area contributed by atoms with Crippen LogP contribution in [0.3, 0.4) is 0 Å². The van der Waals surface area contributed by atoms with E-state index in [4.69, 9.17) is 4.84 Å². The van der Waals surface area contributed by atoms with Gasteiger partial charge in [0.1, 0.15) is 18.4 Å². The summed E-state index contributed by atoms with van der Waals surface area (Å²) in [6.07, 6.45) is 0. The van der Waals surface area contributed by atoms with Crippen molar-refractivity contribution in [2.75, 3.05) is 7.11 Å². The summed E-state index contributed by atoms with van der Waals surface area (Å²) in [7, 11) is 3.25. The molecule has 5 heteroatoms. The van der Waals surface area contributed by atoms with Crippen LogP contribution in [-0.4, -0.2) is 16.4 Å². The Hall–Kier alpha value is -2.82. The van der Waals surface area contributed by atoms with E-state index < -0.39 is 5.82 Å². The smallest absolute Gasteiger partial charge is 0.308 e. The van der Waals surface area contributed by atoms with Crippen molar-refractivity contribution in [2.24, 2.45) is 7.05 Å². The summed E-state index contributed by atoms with van der Waals surface area (Å²) in [5.74, 6) is -0.405. The second kappa shape index (κ2) is 4.34. The van der Waals surface area contributed by atoms with E-state index in [1.165, 1.54) is 19.2 Å². The zero-order valence-corrected chi connectivity index (χ0v) is 12.1. The third kappa shape index (κ3) is 1.48. The standard InChI is InChI=1S/C17H13FN2O2/c1-19-13-6-4-3-5-11(13)15-12-8-7-10(18)9-14(12)20(22-2)17(21)16(15)19/h3-9H,1-2H3. The Morgan fingerprint density at radius 3 is 2.55 bits per heavy atom. The second-order valence-electron chi connectivity index (χ2n) is 5.24. The number of pyridine rings is 1. The SMILES string of the molecule is COn1c(=O)c2c(c3ccc(F)cc31)c1ccccc1n2C. The highest BCUT2D eigenvalue weighted by Gasteiger charge is 2.18. The molecule has 110 valence electrons. The van der Waals surface area contributed by atoms with Gasteiger partial charge in [0.05, 0.1) is 5.52 Å². The van der Waals surface area contributed by atoms with Gasteiger partial charge in [-0.2, -0.15) is 0 Å². The van der Waals surface area contributed by atoms with Gasteiger partial charge in [0.2, 0.25) is 0 Å². The Morgan fingerprint density at radius 1 is 1.05 bits per heavy atom. The minimum Gasteiger partial charge on any atom is -0.413 e. The molecule has 0 atom stereocenters. The maximum Gasteiger partial charge on any atom is 0.308 e. The van der Waals surface area contributed by atoms with Crippen molar-refractivity contribution in [3.05, 3.63) is 58.6 Å². The number of fused-ring (bicyclic) bond motifs is 5. The van der Waals surface area contributed by atoms with Crippen molar-refractivity contribution in [2.45, 2.75) is 0 Å². The topological polar surface area (TPSA) is 36.2 Å². The van der Waals surface area contributed by atoms with Gasteiger partial charge in [-0.3, -0.25) is 4.79 Å². The fourth-order valence-corrected chi connectivity index (χ4v) is 3.19. The first-order valence-corrected chi connectivity index (χ1v) is 6.89. The van der Waals surface area contributed by atoms with Crippen LogP contribution in [0.1, 0.15) is 0 Å². The van der Waals surface area contributed by atoms with E-state index in [-0.39, 0.29) is 5.56 Å². The van der Waals surface area contributed by atoms with Gasteiger partial charge in [0.25, 0.3) is 0 Å². The van der Waals surface area contributed by atoms with Crippen LogP contribution in [0.15, 0.2) is 47.3 Å². The molecule has 0 aliphatic heterocycles. The Kier molecular flexibility index (Phi) is 2.54. The number of hydrogen-bond donors (Lipinski definition) is 0. The number of nitrogens with zero attached hydrogens (tertiary/aromatic N) is 2. The molecule has 2 aromatic carbocycles. The number of para-hydroxylation sites is 1. The van der Waals surface area contributed by atoms with Crippen molar-refractivity contribution in [1.82, 2.24) is 9.30 Å². The molecule has 0 amide bonds. The lowest BCUT2D eigenvalue weighted by Gasteiger charge is -2.10. The quantitative estimate of drug-likeness (QED) is 0.541. The molecule has 0 aliphatic rings. The van der Waals surface area contributed by atoms with Gasteiger partial charge in [-0.1, -0.05) is 18.2 Å². The third-order valence-corrected chi connectivity index (χ3v) is 4.12. The Balaban J connectivity index is 2.44. The zero-order valence-electron chi connectivity index (χ0n) is 12.1. The van der Waals surface area contributed by atoms with Gasteiger partial charge in [-0.05, 0) is 18.2 Å². The highest BCUT2D eigenvalue weighted by Crippen LogP contribution is 2.32. The summed E-state index contributed by atoms with van der Waals surface area (Å²) in [5.41, 5.74) is 1.63. The molecule has 0 saturated carbocycles. The summed E-state index contributed by atoms with van der Waals surface area (Å²) in [4.78, 5) is 18.0. The van der Waals surface area contributed by atoms with Gasteiger partial charge >= 0.3 is 5.56 Å². The summed E-state index contributed by atoms with van der Waals surface area (Å²) >= 11 is 0. The molecule has 4 nitrogen and oxygen atoms in total. The number of hydrogen-bond acceptors (Lipinski definition) is 2. The zero-order chi connectivity index (χ0) is 15.4. The molecule has 2 aromatic heterocycles. The van der Waals surface area contributed by atoms with Gasteiger partial charge in [0.15, 0.2) is 0 Å². The lowest BCUT2D eigenvalue weighted by atomic mass is 10.1. The molecule has 0 radical (unpaired) electrons. The Labute approximate surface area is 124 Å². The van der Waals surface area contributed by atoms with Crippen LogP contribution in [0.5, 0.6) is 0 Å². The van der Waals surface area contributed by atoms with E-state index in [2.05, 4.69) is 0 Å². The maximum absolute atomic E-state index is 13.6. The minimum absolute atomic E-state index is 0.297. The lowest BCUT2D eigenvalue weighted by molar-refractivity contribution is 0.170. The summed E-state index contributed by atoms with van der Waals surface area (Å²) in [6, 6.07) is 12.2. The number of aromatic nitrogens is 2. The molecule has 4 rings (SSSR count). The molecule has 0 N–H and O–H groups in total. The average molecular weight is 296 g/mol.